The van der Waals surface area contributed by atoms with Crippen LogP contribution < -0.4 is 0 Å². The Balaban J connectivity index is 4.15. The Kier molecular flexibility index (Phi) is 11.7. The van der Waals surface area contributed by atoms with E-state index < -0.39 is 0 Å². The molecule has 0 N–H and O–H groups in total. The van der Waals surface area contributed by atoms with E-state index in [0.717, 1.165) is 0 Å². The highest BCUT2D eigenvalue weighted by atomic mass is 32.3. The molecule has 5 heteroatoms. The van der Waals surface area contributed by atoms with Crippen LogP contribution >= 0.6 is 58.8 Å². The van der Waals surface area contributed by atoms with Crippen molar-refractivity contribution in [1.82, 2.24) is 0 Å². The van der Waals surface area contributed by atoms with Gasteiger partial charge in [-0.3, -0.25) is 0 Å². The Morgan fingerprint density at radius 2 is 0.867 bits per heavy atom. The third kappa shape index (κ3) is 8.51. The monoisotopic (exact) mass is 294 g/mol. The molecule has 15 heavy (non-hydrogen) atoms. The Labute approximate surface area is 114 Å². The lowest BCUT2D eigenvalue weighted by atomic mass is 11.3. The fraction of sp³-hybridized carbons (Fsp3) is 0.200. The minimum atomic E-state index is 0.393. The van der Waals surface area contributed by atoms with E-state index in [1.165, 1.54) is 0 Å². The number of rotatable bonds is 10. The van der Waals surface area contributed by atoms with E-state index in [2.05, 4.69) is 26.3 Å². The molecule has 0 radical (unpaired) electrons. The minimum absolute atomic E-state index is 0.393. The molecule has 0 aliphatic heterocycles. The van der Waals surface area contributed by atoms with E-state index in [9.17, 15) is 0 Å². The van der Waals surface area contributed by atoms with Crippen LogP contribution in [0.25, 0.3) is 0 Å². The molecule has 0 aliphatic carbocycles. The summed E-state index contributed by atoms with van der Waals surface area (Å²) >= 11 is 8.67. The second-order valence-corrected chi connectivity index (χ2v) is 9.24. The Morgan fingerprint density at radius 3 is 1.07 bits per heavy atom. The summed E-state index contributed by atoms with van der Waals surface area (Å²) in [7, 11) is 0. The zero-order valence-corrected chi connectivity index (χ0v) is 12.4. The molecule has 0 bridgehead atoms. The van der Waals surface area contributed by atoms with Crippen LogP contribution in [-0.4, -0.2) is 7.83 Å². The minimum Gasteiger partial charge on any atom is -0.110 e. The van der Waals surface area contributed by atoms with Crippen LogP contribution in [0.5, 0.6) is 0 Å². The first-order valence-corrected chi connectivity index (χ1v) is 8.70. The topological polar surface area (TPSA) is 0 Å². The van der Waals surface area contributed by atoms with Gasteiger partial charge in [0, 0.05) is 0 Å². The van der Waals surface area contributed by atoms with Gasteiger partial charge in [-0.05, 0) is 21.6 Å². The molecule has 0 unspecified atom stereocenters. The van der Waals surface area contributed by atoms with Gasteiger partial charge in [0.2, 0.25) is 0 Å². The van der Waals surface area contributed by atoms with Crippen LogP contribution in [0.4, 0.5) is 0 Å². The average Bonchev–Trinajstić information content (AvgIpc) is 2.19. The van der Waals surface area contributed by atoms with Crippen LogP contribution in [0.2, 0.25) is 0 Å². The molecule has 0 aromatic carbocycles. The van der Waals surface area contributed by atoms with Gasteiger partial charge in [-0.25, -0.2) is 0 Å². The van der Waals surface area contributed by atoms with Crippen molar-refractivity contribution < 1.29 is 0 Å². The molecule has 0 nitrogen and oxygen atoms in total. The SMILES string of the molecule is C=CSC(SC=C)SC(SC=C)SC=C. The lowest BCUT2D eigenvalue weighted by Gasteiger charge is -2.17. The smallest absolute Gasteiger partial charge is 0.105 e. The first-order valence-electron chi connectivity index (χ1n) is 3.99. The summed E-state index contributed by atoms with van der Waals surface area (Å²) in [5, 5.41) is 7.45. The maximum absolute atomic E-state index is 3.73. The van der Waals surface area contributed by atoms with Crippen molar-refractivity contribution in [3.63, 3.8) is 0 Å². The summed E-state index contributed by atoms with van der Waals surface area (Å²) in [5.74, 6) is 0. The van der Waals surface area contributed by atoms with Crippen LogP contribution in [0, 0.1) is 0 Å². The van der Waals surface area contributed by atoms with Gasteiger partial charge < -0.3 is 0 Å². The van der Waals surface area contributed by atoms with Crippen molar-refractivity contribution in [2.24, 2.45) is 0 Å². The summed E-state index contributed by atoms with van der Waals surface area (Å²) in [6.45, 7) is 14.9. The molecule has 0 saturated heterocycles. The second-order valence-electron chi connectivity index (χ2n) is 1.92. The van der Waals surface area contributed by atoms with E-state index in [-0.39, 0.29) is 0 Å². The van der Waals surface area contributed by atoms with E-state index in [1.54, 1.807) is 47.0 Å². The summed E-state index contributed by atoms with van der Waals surface area (Å²) in [4.78, 5) is 0. The Morgan fingerprint density at radius 1 is 0.600 bits per heavy atom. The lowest BCUT2D eigenvalue weighted by molar-refractivity contribution is 1.96. The van der Waals surface area contributed by atoms with E-state index >= 15 is 0 Å². The van der Waals surface area contributed by atoms with Gasteiger partial charge in [-0.15, -0.1) is 58.8 Å². The van der Waals surface area contributed by atoms with Gasteiger partial charge in [0.15, 0.2) is 0 Å². The molecule has 0 aliphatic rings. The Bertz CT molecular complexity index is 172. The molecule has 0 aromatic rings. The predicted molar refractivity (Wildman–Crippen MR) is 86.3 cm³/mol. The molecular weight excluding hydrogens is 280 g/mol. The quantitative estimate of drug-likeness (QED) is 0.466. The number of thioether (sulfide) groups is 5. The normalized spacial score (nSPS) is 10.3. The molecule has 0 spiro atoms. The molecule has 0 saturated carbocycles. The highest BCUT2D eigenvalue weighted by molar-refractivity contribution is 8.42. The van der Waals surface area contributed by atoms with Gasteiger partial charge in [0.25, 0.3) is 0 Å². The van der Waals surface area contributed by atoms with Crippen molar-refractivity contribution in [3.05, 3.63) is 47.9 Å². The van der Waals surface area contributed by atoms with Gasteiger partial charge in [-0.2, -0.15) is 0 Å². The second kappa shape index (κ2) is 11.2. The van der Waals surface area contributed by atoms with Gasteiger partial charge in [0.1, 0.15) is 7.83 Å². The maximum atomic E-state index is 3.73. The Hall–Kier alpha value is 0.710. The first kappa shape index (κ1) is 15.7. The fourth-order valence-corrected chi connectivity index (χ4v) is 7.01. The summed E-state index contributed by atoms with van der Waals surface area (Å²) in [6.07, 6.45) is 0. The molecule has 0 atom stereocenters. The number of hydrogen-bond acceptors (Lipinski definition) is 5. The van der Waals surface area contributed by atoms with Crippen molar-refractivity contribution in [2.75, 3.05) is 0 Å². The van der Waals surface area contributed by atoms with E-state index in [1.807, 2.05) is 33.4 Å². The van der Waals surface area contributed by atoms with Crippen LogP contribution in [0.3, 0.4) is 0 Å². The lowest BCUT2D eigenvalue weighted by Crippen LogP contribution is -1.95. The largest absolute Gasteiger partial charge is 0.110 e. The van der Waals surface area contributed by atoms with E-state index in [4.69, 9.17) is 0 Å². The first-order chi connectivity index (χ1) is 7.28. The standard InChI is InChI=1S/C10H14S5/c1-5-11-9(12-6-2)15-10(13-7-3)14-8-4/h5-10H,1-4H2. The average molecular weight is 295 g/mol. The van der Waals surface area contributed by atoms with Crippen molar-refractivity contribution >= 4 is 58.8 Å². The third-order valence-electron chi connectivity index (χ3n) is 1.05. The predicted octanol–water partition coefficient (Wildman–Crippen LogP) is 5.79. The number of hydrogen-bond donors (Lipinski definition) is 0. The summed E-state index contributed by atoms with van der Waals surface area (Å²) in [5.41, 5.74) is 0. The molecule has 0 heterocycles. The van der Waals surface area contributed by atoms with Crippen LogP contribution in [0.1, 0.15) is 0 Å². The summed E-state index contributed by atoms with van der Waals surface area (Å²) < 4.78 is 0.787. The molecule has 84 valence electrons. The highest BCUT2D eigenvalue weighted by Crippen LogP contribution is 2.45. The summed E-state index contributed by atoms with van der Waals surface area (Å²) in [6, 6.07) is 0. The third-order valence-corrected chi connectivity index (χ3v) is 7.15. The zero-order valence-electron chi connectivity index (χ0n) is 8.33. The van der Waals surface area contributed by atoms with E-state index in [0.29, 0.717) is 7.83 Å². The maximum Gasteiger partial charge on any atom is 0.105 e. The van der Waals surface area contributed by atoms with Crippen LogP contribution in [0.15, 0.2) is 47.9 Å². The highest BCUT2D eigenvalue weighted by Gasteiger charge is 2.15. The van der Waals surface area contributed by atoms with Crippen LogP contribution in [-0.2, 0) is 0 Å². The van der Waals surface area contributed by atoms with Crippen molar-refractivity contribution in [1.29, 1.82) is 0 Å². The molecule has 0 fully saturated rings. The molecule has 0 aromatic heterocycles. The van der Waals surface area contributed by atoms with Crippen molar-refractivity contribution in [3.8, 4) is 0 Å². The van der Waals surface area contributed by atoms with Gasteiger partial charge in [-0.1, -0.05) is 26.3 Å². The van der Waals surface area contributed by atoms with Gasteiger partial charge >= 0.3 is 0 Å². The molecule has 0 rings (SSSR count). The molecular formula is C10H14S5. The van der Waals surface area contributed by atoms with Crippen molar-refractivity contribution in [2.45, 2.75) is 7.83 Å². The fourth-order valence-electron chi connectivity index (χ4n) is 0.597. The molecule has 0 amide bonds. The zero-order chi connectivity index (χ0) is 11.5. The van der Waals surface area contributed by atoms with Gasteiger partial charge in [0.05, 0.1) is 0 Å².